The quantitative estimate of drug-likeness (QED) is 0.800. The van der Waals surface area contributed by atoms with Gasteiger partial charge in [-0.15, -0.1) is 0 Å². The fourth-order valence-corrected chi connectivity index (χ4v) is 3.44. The van der Waals surface area contributed by atoms with E-state index in [1.54, 1.807) is 6.92 Å². The molecule has 0 aromatic heterocycles. The van der Waals surface area contributed by atoms with Gasteiger partial charge in [0, 0.05) is 11.1 Å². The Balaban J connectivity index is 1.83. The summed E-state index contributed by atoms with van der Waals surface area (Å²) in [6.07, 6.45) is 1.45. The first-order valence-electron chi connectivity index (χ1n) is 7.91. The monoisotopic (exact) mass is 391 g/mol. The average Bonchev–Trinajstić information content (AvgIpc) is 2.83. The van der Waals surface area contributed by atoms with Gasteiger partial charge in [-0.2, -0.15) is 0 Å². The van der Waals surface area contributed by atoms with Crippen LogP contribution in [0.25, 0.3) is 0 Å². The zero-order valence-electron chi connectivity index (χ0n) is 13.5. The second-order valence-electron chi connectivity index (χ2n) is 6.24. The number of hydrogen-bond donors (Lipinski definition) is 1. The number of rotatable bonds is 4. The van der Waals surface area contributed by atoms with Crippen LogP contribution in [0.1, 0.15) is 44.6 Å². The molecule has 3 rings (SSSR count). The molecule has 126 valence electrons. The largest absolute Gasteiger partial charge is 0.482 e. The maximum atomic E-state index is 11.9. The van der Waals surface area contributed by atoms with Crippen molar-refractivity contribution in [1.82, 2.24) is 5.32 Å². The van der Waals surface area contributed by atoms with Crippen molar-refractivity contribution in [3.05, 3.63) is 39.4 Å². The van der Waals surface area contributed by atoms with Crippen LogP contribution < -0.4 is 10.1 Å². The summed E-state index contributed by atoms with van der Waals surface area (Å²) in [5.41, 5.74) is 2.29. The number of halogens is 1. The molecule has 0 saturated carbocycles. The van der Waals surface area contributed by atoms with Crippen LogP contribution >= 0.6 is 15.9 Å². The number of carbonyl (C=O) groups is 3. The Morgan fingerprint density at radius 3 is 2.71 bits per heavy atom. The van der Waals surface area contributed by atoms with Crippen molar-refractivity contribution in [2.45, 2.75) is 45.1 Å². The zero-order valence-corrected chi connectivity index (χ0v) is 15.1. The first kappa shape index (κ1) is 16.9. The molecule has 1 N–H and O–H groups in total. The molecule has 1 aliphatic heterocycles. The third-order valence-corrected chi connectivity index (χ3v) is 5.29. The number of nitrogens with one attached hydrogen (secondary N) is 1. The van der Waals surface area contributed by atoms with Crippen LogP contribution in [0.5, 0.6) is 5.75 Å². The fourth-order valence-electron chi connectivity index (χ4n) is 3.10. The molecule has 0 spiro atoms. The van der Waals surface area contributed by atoms with Crippen molar-refractivity contribution in [3.8, 4) is 5.75 Å². The summed E-state index contributed by atoms with van der Waals surface area (Å²) in [6, 6.07) is 5.79. The van der Waals surface area contributed by atoms with Gasteiger partial charge in [0.2, 0.25) is 0 Å². The van der Waals surface area contributed by atoms with E-state index in [1.807, 2.05) is 18.2 Å². The maximum absolute atomic E-state index is 11.9. The smallest absolute Gasteiger partial charge is 0.254 e. The predicted octanol–water partition coefficient (Wildman–Crippen LogP) is 3.03. The van der Waals surface area contributed by atoms with Crippen molar-refractivity contribution < 1.29 is 19.1 Å². The lowest BCUT2D eigenvalue weighted by molar-refractivity contribution is -0.124. The molecule has 2 atom stereocenters. The van der Waals surface area contributed by atoms with Gasteiger partial charge >= 0.3 is 0 Å². The highest BCUT2D eigenvalue weighted by molar-refractivity contribution is 9.10. The van der Waals surface area contributed by atoms with Crippen LogP contribution in [0.15, 0.2) is 33.8 Å². The van der Waals surface area contributed by atoms with E-state index in [1.165, 1.54) is 6.92 Å². The summed E-state index contributed by atoms with van der Waals surface area (Å²) in [7, 11) is 0. The lowest BCUT2D eigenvalue weighted by Gasteiger charge is -2.23. The van der Waals surface area contributed by atoms with Crippen LogP contribution in [0.4, 0.5) is 0 Å². The number of Topliss-reactive ketones (excluding diaryl/α,β-unsaturated/α-hetero) is 1. The summed E-state index contributed by atoms with van der Waals surface area (Å²) in [5, 5.41) is 2.37. The molecular formula is C18H18BrNO4. The summed E-state index contributed by atoms with van der Waals surface area (Å²) in [6.45, 7) is 3.21. The molecule has 0 radical (unpaired) electrons. The zero-order chi connectivity index (χ0) is 17.4. The second kappa shape index (κ2) is 6.51. The number of ketones is 1. The Hall–Kier alpha value is -1.95. The van der Waals surface area contributed by atoms with Gasteiger partial charge in [-0.25, -0.2) is 0 Å². The fraction of sp³-hybridized carbons (Fsp3) is 0.389. The van der Waals surface area contributed by atoms with Gasteiger partial charge in [0.1, 0.15) is 5.75 Å². The van der Waals surface area contributed by atoms with Crippen LogP contribution in [-0.2, 0) is 14.4 Å². The van der Waals surface area contributed by atoms with E-state index in [0.29, 0.717) is 29.7 Å². The van der Waals surface area contributed by atoms with E-state index in [-0.39, 0.29) is 23.5 Å². The molecule has 5 nitrogen and oxygen atoms in total. The van der Waals surface area contributed by atoms with E-state index < -0.39 is 6.10 Å². The van der Waals surface area contributed by atoms with E-state index in [2.05, 4.69) is 21.2 Å². The van der Waals surface area contributed by atoms with Crippen molar-refractivity contribution in [2.75, 3.05) is 0 Å². The third-order valence-electron chi connectivity index (χ3n) is 4.64. The first-order valence-corrected chi connectivity index (χ1v) is 8.70. The minimum absolute atomic E-state index is 0.0408. The third kappa shape index (κ3) is 3.15. The highest BCUT2D eigenvalue weighted by Gasteiger charge is 2.35. The van der Waals surface area contributed by atoms with Gasteiger partial charge in [-0.1, -0.05) is 6.07 Å². The molecule has 1 aromatic rings. The topological polar surface area (TPSA) is 72.5 Å². The van der Waals surface area contributed by atoms with Gasteiger partial charge < -0.3 is 4.74 Å². The van der Waals surface area contributed by atoms with Gasteiger partial charge in [-0.3, -0.25) is 19.7 Å². The van der Waals surface area contributed by atoms with Crippen molar-refractivity contribution in [2.24, 2.45) is 0 Å². The molecule has 2 unspecified atom stereocenters. The molecule has 6 heteroatoms. The Morgan fingerprint density at radius 1 is 1.29 bits per heavy atom. The number of imide groups is 1. The molecular weight excluding hydrogens is 374 g/mol. The van der Waals surface area contributed by atoms with Gasteiger partial charge in [0.15, 0.2) is 11.9 Å². The molecule has 1 heterocycles. The Kier molecular flexibility index (Phi) is 4.58. The number of hydrogen-bond acceptors (Lipinski definition) is 4. The molecule has 0 bridgehead atoms. The standard InChI is InChI=1S/C18H18BrNO4/c1-9(21)10(2)24-16-8-12(4-6-15(16)19)11-3-5-13-14(7-11)18(23)20-17(13)22/h4,6,8,10-11H,3,5,7H2,1-2H3,(H,20,22,23). The average molecular weight is 392 g/mol. The summed E-state index contributed by atoms with van der Waals surface area (Å²) < 4.78 is 6.50. The van der Waals surface area contributed by atoms with E-state index in [9.17, 15) is 14.4 Å². The Morgan fingerprint density at radius 2 is 2.00 bits per heavy atom. The number of amides is 2. The van der Waals surface area contributed by atoms with Gasteiger partial charge in [0.25, 0.3) is 11.8 Å². The normalized spacial score (nSPS) is 21.4. The molecule has 2 amide bonds. The molecule has 2 aliphatic rings. The van der Waals surface area contributed by atoms with Gasteiger partial charge in [-0.05, 0) is 72.7 Å². The number of carbonyl (C=O) groups excluding carboxylic acids is 3. The van der Waals surface area contributed by atoms with E-state index in [0.717, 1.165) is 16.5 Å². The second-order valence-corrected chi connectivity index (χ2v) is 7.10. The number of benzene rings is 1. The Bertz CT molecular complexity index is 768. The summed E-state index contributed by atoms with van der Waals surface area (Å²) in [5.74, 6) is 0.216. The minimum Gasteiger partial charge on any atom is -0.482 e. The lowest BCUT2D eigenvalue weighted by Crippen LogP contribution is -2.22. The van der Waals surface area contributed by atoms with Crippen LogP contribution in [0.3, 0.4) is 0 Å². The highest BCUT2D eigenvalue weighted by atomic mass is 79.9. The SMILES string of the molecule is CC(=O)C(C)Oc1cc(C2CCC3=C(C2)C(=O)NC3=O)ccc1Br. The molecule has 24 heavy (non-hydrogen) atoms. The molecule has 1 aliphatic carbocycles. The van der Waals surface area contributed by atoms with Crippen LogP contribution in [0.2, 0.25) is 0 Å². The predicted molar refractivity (Wildman–Crippen MR) is 91.7 cm³/mol. The van der Waals surface area contributed by atoms with Gasteiger partial charge in [0.05, 0.1) is 4.47 Å². The van der Waals surface area contributed by atoms with Crippen molar-refractivity contribution >= 4 is 33.5 Å². The minimum atomic E-state index is -0.518. The number of ether oxygens (including phenoxy) is 1. The van der Waals surface area contributed by atoms with Crippen LogP contribution in [0, 0.1) is 0 Å². The summed E-state index contributed by atoms with van der Waals surface area (Å²) >= 11 is 3.44. The molecule has 0 saturated heterocycles. The maximum Gasteiger partial charge on any atom is 0.254 e. The van der Waals surface area contributed by atoms with E-state index >= 15 is 0 Å². The summed E-state index contributed by atoms with van der Waals surface area (Å²) in [4.78, 5) is 35.0. The molecule has 1 aromatic carbocycles. The first-order chi connectivity index (χ1) is 11.4. The Labute approximate surface area is 148 Å². The lowest BCUT2D eigenvalue weighted by atomic mass is 9.81. The molecule has 0 fully saturated rings. The van der Waals surface area contributed by atoms with Crippen molar-refractivity contribution in [1.29, 1.82) is 0 Å². The highest BCUT2D eigenvalue weighted by Crippen LogP contribution is 2.40. The van der Waals surface area contributed by atoms with E-state index in [4.69, 9.17) is 4.74 Å². The van der Waals surface area contributed by atoms with Crippen molar-refractivity contribution in [3.63, 3.8) is 0 Å². The van der Waals surface area contributed by atoms with Crippen LogP contribution in [-0.4, -0.2) is 23.7 Å².